The Morgan fingerprint density at radius 3 is 2.45 bits per heavy atom. The lowest BCUT2D eigenvalue weighted by molar-refractivity contribution is 0.282. The molecule has 0 radical (unpaired) electrons. The standard InChI is InChI=1S/C15H31NOS3/c1-3-4-5-6-7-8-12-19-14(18)20-15(2,13-16)10-9-11-17/h17H,3-12,19-20H2,1-2H3. The van der Waals surface area contributed by atoms with Crippen LogP contribution in [0.3, 0.4) is 0 Å². The highest BCUT2D eigenvalue weighted by Crippen LogP contribution is 2.34. The molecular weight excluding hydrogens is 306 g/mol. The van der Waals surface area contributed by atoms with E-state index in [1.54, 1.807) is 0 Å². The van der Waals surface area contributed by atoms with Crippen molar-refractivity contribution in [3.8, 4) is 6.07 Å². The molecular formula is C15H31NOS3. The zero-order valence-corrected chi connectivity index (χ0v) is 15.7. The molecule has 0 rings (SSSR count). The van der Waals surface area contributed by atoms with E-state index in [4.69, 9.17) is 17.3 Å². The quantitative estimate of drug-likeness (QED) is 0.456. The SMILES string of the molecule is CCCCCCCC[SH2]C(=S)[SH2]C(C)(C#N)CCCO. The second-order valence-electron chi connectivity index (χ2n) is 5.42. The first-order valence-electron chi connectivity index (χ1n) is 7.66. The van der Waals surface area contributed by atoms with Crippen LogP contribution in [0, 0.1) is 11.3 Å². The number of unbranched alkanes of at least 4 members (excludes halogenated alkanes) is 5. The molecule has 20 heavy (non-hydrogen) atoms. The van der Waals surface area contributed by atoms with Crippen molar-refractivity contribution in [2.45, 2.75) is 70.0 Å². The molecule has 2 nitrogen and oxygen atoms in total. The van der Waals surface area contributed by atoms with E-state index in [9.17, 15) is 5.26 Å². The van der Waals surface area contributed by atoms with Crippen LogP contribution in [0.4, 0.5) is 0 Å². The summed E-state index contributed by atoms with van der Waals surface area (Å²) in [5.74, 6) is 1.19. The molecule has 5 heteroatoms. The van der Waals surface area contributed by atoms with E-state index in [0.717, 1.165) is 21.7 Å². The van der Waals surface area contributed by atoms with E-state index in [0.29, 0.717) is 18.2 Å². The monoisotopic (exact) mass is 337 g/mol. The van der Waals surface area contributed by atoms with Crippen molar-refractivity contribution >= 4 is 39.3 Å². The van der Waals surface area contributed by atoms with Gasteiger partial charge in [0, 0.05) is 6.61 Å². The van der Waals surface area contributed by atoms with E-state index in [2.05, 4.69) is 13.0 Å². The Morgan fingerprint density at radius 2 is 1.85 bits per heavy atom. The van der Waals surface area contributed by atoms with E-state index < -0.39 is 0 Å². The molecule has 1 unspecified atom stereocenters. The molecule has 0 aliphatic rings. The van der Waals surface area contributed by atoms with Crippen LogP contribution >= 0.6 is 35.7 Å². The summed E-state index contributed by atoms with van der Waals surface area (Å²) in [6.07, 6.45) is 9.39. The number of nitriles is 1. The van der Waals surface area contributed by atoms with Gasteiger partial charge in [0.1, 0.15) is 0 Å². The summed E-state index contributed by atoms with van der Waals surface area (Å²) in [6.45, 7) is 4.38. The van der Waals surface area contributed by atoms with Gasteiger partial charge in [-0.3, -0.25) is 0 Å². The van der Waals surface area contributed by atoms with Gasteiger partial charge in [0.05, 0.1) is 14.3 Å². The van der Waals surface area contributed by atoms with E-state index in [-0.39, 0.29) is 11.4 Å². The van der Waals surface area contributed by atoms with Gasteiger partial charge in [-0.2, -0.15) is 5.26 Å². The summed E-state index contributed by atoms with van der Waals surface area (Å²) in [6, 6.07) is 2.39. The Hall–Kier alpha value is 0.240. The number of hydrogen-bond acceptors (Lipinski definition) is 3. The Balaban J connectivity index is 3.73. The summed E-state index contributed by atoms with van der Waals surface area (Å²) < 4.78 is 0.731. The highest BCUT2D eigenvalue weighted by Gasteiger charge is 2.22. The fraction of sp³-hybridized carbons (Fsp3) is 0.867. The molecule has 0 heterocycles. The lowest BCUT2D eigenvalue weighted by Gasteiger charge is -2.24. The molecule has 0 saturated carbocycles. The topological polar surface area (TPSA) is 44.0 Å². The van der Waals surface area contributed by atoms with Crippen molar-refractivity contribution in [3.05, 3.63) is 0 Å². The van der Waals surface area contributed by atoms with Crippen LogP contribution in [0.1, 0.15) is 65.2 Å². The number of aliphatic hydroxyl groups excluding tert-OH is 1. The Morgan fingerprint density at radius 1 is 1.20 bits per heavy atom. The summed E-state index contributed by atoms with van der Waals surface area (Å²) in [5, 5.41) is 18.2. The van der Waals surface area contributed by atoms with Crippen LogP contribution in [0.25, 0.3) is 0 Å². The molecule has 0 amide bonds. The van der Waals surface area contributed by atoms with Gasteiger partial charge in [-0.05, 0) is 31.9 Å². The second kappa shape index (κ2) is 12.9. The molecule has 0 aliphatic heterocycles. The minimum absolute atomic E-state index is 0.161. The minimum atomic E-state index is -0.353. The third kappa shape index (κ3) is 11.0. The van der Waals surface area contributed by atoms with Crippen molar-refractivity contribution in [2.75, 3.05) is 12.4 Å². The molecule has 0 saturated heterocycles. The number of aliphatic hydroxyl groups is 1. The highest BCUT2D eigenvalue weighted by atomic mass is 32.2. The molecule has 0 bridgehead atoms. The van der Waals surface area contributed by atoms with Crippen LogP contribution in [0.2, 0.25) is 0 Å². The first-order chi connectivity index (χ1) is 9.58. The molecule has 1 atom stereocenters. The molecule has 0 aromatic heterocycles. The van der Waals surface area contributed by atoms with Gasteiger partial charge < -0.3 is 5.11 Å². The van der Waals surface area contributed by atoms with Gasteiger partial charge >= 0.3 is 0 Å². The van der Waals surface area contributed by atoms with Gasteiger partial charge in [-0.15, -0.1) is 0 Å². The average Bonchev–Trinajstić information content (AvgIpc) is 2.44. The van der Waals surface area contributed by atoms with Crippen molar-refractivity contribution in [1.82, 2.24) is 0 Å². The molecule has 0 aromatic rings. The van der Waals surface area contributed by atoms with E-state index >= 15 is 0 Å². The van der Waals surface area contributed by atoms with Crippen molar-refractivity contribution in [1.29, 1.82) is 5.26 Å². The van der Waals surface area contributed by atoms with E-state index in [1.165, 1.54) is 44.3 Å². The second-order valence-corrected chi connectivity index (χ2v) is 10.3. The fourth-order valence-electron chi connectivity index (χ4n) is 1.98. The lowest BCUT2D eigenvalue weighted by atomic mass is 10.1. The summed E-state index contributed by atoms with van der Waals surface area (Å²) in [7, 11) is 0. The van der Waals surface area contributed by atoms with Gasteiger partial charge in [0.2, 0.25) is 0 Å². The van der Waals surface area contributed by atoms with Gasteiger partial charge in [-0.25, -0.2) is 23.5 Å². The van der Waals surface area contributed by atoms with Crippen LogP contribution in [-0.2, 0) is 0 Å². The van der Waals surface area contributed by atoms with Gasteiger partial charge in [-0.1, -0.05) is 51.2 Å². The summed E-state index contributed by atoms with van der Waals surface area (Å²) in [4.78, 5) is 0. The maximum atomic E-state index is 9.27. The highest BCUT2D eigenvalue weighted by molar-refractivity contribution is 8.47. The molecule has 1 N–H and O–H groups in total. The number of thiocarbonyl (C=S) groups is 1. The largest absolute Gasteiger partial charge is 0.396 e. The average molecular weight is 338 g/mol. The first kappa shape index (κ1) is 20.2. The first-order valence-corrected chi connectivity index (χ1v) is 10.3. The zero-order chi connectivity index (χ0) is 15.3. The maximum Gasteiger partial charge on any atom is 0.0847 e. The molecule has 0 spiro atoms. The predicted molar refractivity (Wildman–Crippen MR) is 102 cm³/mol. The van der Waals surface area contributed by atoms with Crippen molar-refractivity contribution in [3.63, 3.8) is 0 Å². The lowest BCUT2D eigenvalue weighted by Crippen LogP contribution is -2.19. The Bertz CT molecular complexity index is 304. The smallest absolute Gasteiger partial charge is 0.0847 e. The number of nitrogens with zero attached hydrogens (tertiary/aromatic N) is 1. The predicted octanol–water partition coefficient (Wildman–Crippen LogP) is 4.08. The maximum absolute atomic E-state index is 9.27. The van der Waals surface area contributed by atoms with Crippen molar-refractivity contribution in [2.24, 2.45) is 0 Å². The summed E-state index contributed by atoms with van der Waals surface area (Å²) in [5.41, 5.74) is 0. The van der Waals surface area contributed by atoms with Crippen LogP contribution < -0.4 is 0 Å². The minimum Gasteiger partial charge on any atom is -0.396 e. The molecule has 120 valence electrons. The van der Waals surface area contributed by atoms with Gasteiger partial charge in [0.15, 0.2) is 0 Å². The van der Waals surface area contributed by atoms with Crippen LogP contribution in [-0.4, -0.2) is 25.7 Å². The normalized spacial score (nSPS) is 15.7. The van der Waals surface area contributed by atoms with Crippen LogP contribution in [0.5, 0.6) is 0 Å². The third-order valence-corrected chi connectivity index (χ3v) is 7.00. The van der Waals surface area contributed by atoms with Crippen molar-refractivity contribution < 1.29 is 5.11 Å². The number of hydrogen-bond donors (Lipinski definition) is 1. The third-order valence-electron chi connectivity index (χ3n) is 3.29. The van der Waals surface area contributed by atoms with E-state index in [1.807, 2.05) is 6.92 Å². The summed E-state index contributed by atoms with van der Waals surface area (Å²) >= 11 is 6.62. The molecule has 0 aliphatic carbocycles. The van der Waals surface area contributed by atoms with Crippen LogP contribution in [0.15, 0.2) is 0 Å². The zero-order valence-electron chi connectivity index (χ0n) is 12.9. The molecule has 0 fully saturated rings. The Labute approximate surface area is 138 Å². The Kier molecular flexibility index (Phi) is 13.1. The fourth-order valence-corrected chi connectivity index (χ4v) is 6.03. The molecule has 0 aromatic carbocycles. The van der Waals surface area contributed by atoms with Gasteiger partial charge in [0.25, 0.3) is 0 Å². The number of rotatable bonds is 11.